The topological polar surface area (TPSA) is 67.2 Å². The average molecular weight is 430 g/mol. The van der Waals surface area contributed by atoms with Gasteiger partial charge in [-0.3, -0.25) is 4.98 Å². The van der Waals surface area contributed by atoms with E-state index in [1.54, 1.807) is 13.3 Å². The molecule has 0 fully saturated rings. The third kappa shape index (κ3) is 8.58. The number of oxime groups is 1. The molecule has 0 bridgehead atoms. The van der Waals surface area contributed by atoms with Gasteiger partial charge in [0.1, 0.15) is 11.8 Å². The van der Waals surface area contributed by atoms with Crippen LogP contribution in [0.1, 0.15) is 45.7 Å². The molecular weight excluding hydrogens is 398 g/mol. The maximum absolute atomic E-state index is 8.83. The van der Waals surface area contributed by atoms with Gasteiger partial charge in [0.25, 0.3) is 0 Å². The number of hydrogen-bond donors (Lipinski definition) is 1. The maximum Gasteiger partial charge on any atom is 0.134 e. The Bertz CT molecular complexity index is 543. The molecule has 0 amide bonds. The molecule has 0 radical (unpaired) electrons. The highest BCUT2D eigenvalue weighted by atomic mass is 79.9. The third-order valence-corrected chi connectivity index (χ3v) is 4.94. The first-order valence-corrected chi connectivity index (χ1v) is 9.79. The van der Waals surface area contributed by atoms with Crippen LogP contribution in [0.3, 0.4) is 0 Å². The summed E-state index contributed by atoms with van der Waals surface area (Å²) in [5.41, 5.74) is 1.86. The molecule has 1 aromatic heterocycles. The first-order chi connectivity index (χ1) is 12.3. The van der Waals surface area contributed by atoms with Crippen molar-refractivity contribution in [1.29, 1.82) is 0 Å². The van der Waals surface area contributed by atoms with E-state index in [1.807, 2.05) is 19.2 Å². The highest BCUT2D eigenvalue weighted by Crippen LogP contribution is 2.19. The molecule has 7 heteroatoms. The van der Waals surface area contributed by atoms with Crippen LogP contribution in [-0.2, 0) is 9.57 Å². The molecule has 2 rings (SSSR count). The Labute approximate surface area is 165 Å². The molecule has 1 N–H and O–H groups in total. The van der Waals surface area contributed by atoms with Gasteiger partial charge in [-0.05, 0) is 55.4 Å². The van der Waals surface area contributed by atoms with Crippen LogP contribution >= 0.6 is 15.9 Å². The van der Waals surface area contributed by atoms with Crippen LogP contribution in [0, 0.1) is 0 Å². The van der Waals surface area contributed by atoms with Crippen molar-refractivity contribution in [1.82, 2.24) is 9.88 Å². The van der Waals surface area contributed by atoms with Gasteiger partial charge >= 0.3 is 0 Å². The van der Waals surface area contributed by atoms with Crippen LogP contribution in [0.4, 0.5) is 0 Å². The first-order valence-electron chi connectivity index (χ1n) is 9.00. The Balaban J connectivity index is 0.000000412. The van der Waals surface area contributed by atoms with Crippen molar-refractivity contribution in [2.75, 3.05) is 33.9 Å². The Morgan fingerprint density at radius 3 is 2.62 bits per heavy atom. The van der Waals surface area contributed by atoms with E-state index in [0.29, 0.717) is 6.54 Å². The quantitative estimate of drug-likeness (QED) is 0.684. The summed E-state index contributed by atoms with van der Waals surface area (Å²) < 4.78 is 6.04. The van der Waals surface area contributed by atoms with E-state index < -0.39 is 0 Å². The molecule has 0 aromatic carbocycles. The maximum atomic E-state index is 8.83. The second kappa shape index (κ2) is 11.6. The van der Waals surface area contributed by atoms with E-state index in [-0.39, 0.29) is 18.3 Å². The second-order valence-corrected chi connectivity index (χ2v) is 7.88. The molecular formula is C19H32BrN3O3. The Kier molecular flexibility index (Phi) is 10.3. The lowest BCUT2D eigenvalue weighted by molar-refractivity contribution is 0.0196. The number of nitrogens with zero attached hydrogens (tertiary/aromatic N) is 3. The van der Waals surface area contributed by atoms with Crippen LogP contribution in [0.2, 0.25) is 0 Å². The lowest BCUT2D eigenvalue weighted by atomic mass is 10.1. The molecule has 0 aliphatic carbocycles. The van der Waals surface area contributed by atoms with Gasteiger partial charge in [0.2, 0.25) is 0 Å². The Morgan fingerprint density at radius 2 is 2.12 bits per heavy atom. The molecule has 26 heavy (non-hydrogen) atoms. The molecule has 1 atom stereocenters. The third-order valence-electron chi connectivity index (χ3n) is 4.47. The molecule has 0 spiro atoms. The fraction of sp³-hybridized carbons (Fsp3) is 0.684. The van der Waals surface area contributed by atoms with Gasteiger partial charge in [0, 0.05) is 43.7 Å². The molecule has 0 saturated carbocycles. The minimum Gasteiger partial charge on any atom is -0.395 e. The molecule has 1 aliphatic heterocycles. The number of rotatable bonds is 8. The minimum absolute atomic E-state index is 0.0833. The highest BCUT2D eigenvalue weighted by Gasteiger charge is 2.23. The number of pyridine rings is 1. The Hall–Kier alpha value is -1.02. The van der Waals surface area contributed by atoms with E-state index in [4.69, 9.17) is 14.7 Å². The second-order valence-electron chi connectivity index (χ2n) is 6.96. The van der Waals surface area contributed by atoms with Gasteiger partial charge in [-0.2, -0.15) is 0 Å². The van der Waals surface area contributed by atoms with Crippen LogP contribution in [0.15, 0.2) is 28.0 Å². The van der Waals surface area contributed by atoms with Gasteiger partial charge < -0.3 is 19.6 Å². The van der Waals surface area contributed by atoms with Crippen molar-refractivity contribution in [2.45, 2.75) is 51.7 Å². The average Bonchev–Trinajstić information content (AvgIpc) is 3.10. The summed E-state index contributed by atoms with van der Waals surface area (Å²) in [6, 6.07) is 3.89. The van der Waals surface area contributed by atoms with Crippen molar-refractivity contribution in [3.63, 3.8) is 0 Å². The summed E-state index contributed by atoms with van der Waals surface area (Å²) in [6.45, 7) is 8.03. The van der Waals surface area contributed by atoms with Crippen LogP contribution in [0.5, 0.6) is 0 Å². The minimum atomic E-state index is 0.0833. The summed E-state index contributed by atoms with van der Waals surface area (Å²) in [5, 5.41) is 12.9. The zero-order valence-corrected chi connectivity index (χ0v) is 18.1. The number of likely N-dealkylation sites (N-methyl/N-ethyl adjacent to an activating group) is 1. The van der Waals surface area contributed by atoms with E-state index in [9.17, 15) is 0 Å². The monoisotopic (exact) mass is 429 g/mol. The number of aliphatic hydroxyl groups excluding tert-OH is 1. The zero-order valence-electron chi connectivity index (χ0n) is 16.5. The van der Waals surface area contributed by atoms with Gasteiger partial charge in [-0.25, -0.2) is 0 Å². The van der Waals surface area contributed by atoms with Crippen LogP contribution in [0.25, 0.3) is 0 Å². The van der Waals surface area contributed by atoms with E-state index >= 15 is 0 Å². The number of aromatic nitrogens is 1. The van der Waals surface area contributed by atoms with Gasteiger partial charge in [-0.15, -0.1) is 0 Å². The van der Waals surface area contributed by atoms with Crippen LogP contribution in [-0.4, -0.2) is 66.3 Å². The van der Waals surface area contributed by atoms with Gasteiger partial charge in [0.15, 0.2) is 0 Å². The van der Waals surface area contributed by atoms with Crippen molar-refractivity contribution >= 4 is 21.6 Å². The number of aliphatic hydroxyl groups is 1. The van der Waals surface area contributed by atoms with E-state index in [2.05, 4.69) is 51.7 Å². The SMILES string of the molecule is CCC(C)(C)OC.CN(CCO)CCC1CC(c2ccc(Br)cn2)=NO1. The van der Waals surface area contributed by atoms with Crippen molar-refractivity contribution in [2.24, 2.45) is 5.16 Å². The first kappa shape index (κ1) is 23.0. The van der Waals surface area contributed by atoms with Crippen LogP contribution < -0.4 is 0 Å². The largest absolute Gasteiger partial charge is 0.395 e. The number of methoxy groups -OCH3 is 1. The number of halogens is 1. The standard InChI is InChI=1S/C13H18BrN3O2.C6H14O/c1-17(6-7-18)5-4-11-8-13(16-19-11)12-3-2-10(14)9-15-12;1-5-6(2,3)7-4/h2-3,9,11,18H,4-8H2,1H3;5H2,1-4H3. The predicted octanol–water partition coefficient (Wildman–Crippen LogP) is 3.47. The van der Waals surface area contributed by atoms with Crippen molar-refractivity contribution < 1.29 is 14.7 Å². The molecule has 148 valence electrons. The number of ether oxygens (including phenoxy) is 1. The van der Waals surface area contributed by atoms with Gasteiger partial charge in [-0.1, -0.05) is 12.1 Å². The van der Waals surface area contributed by atoms with Gasteiger partial charge in [0.05, 0.1) is 17.9 Å². The normalized spacial score (nSPS) is 16.8. The molecule has 6 nitrogen and oxygen atoms in total. The molecule has 1 unspecified atom stereocenters. The van der Waals surface area contributed by atoms with Crippen molar-refractivity contribution in [3.8, 4) is 0 Å². The summed E-state index contributed by atoms with van der Waals surface area (Å²) in [6.07, 6.45) is 4.65. The van der Waals surface area contributed by atoms with Crippen molar-refractivity contribution in [3.05, 3.63) is 28.5 Å². The highest BCUT2D eigenvalue weighted by molar-refractivity contribution is 9.10. The zero-order chi connectivity index (χ0) is 19.6. The summed E-state index contributed by atoms with van der Waals surface area (Å²) in [7, 11) is 3.73. The fourth-order valence-electron chi connectivity index (χ4n) is 2.07. The lowest BCUT2D eigenvalue weighted by Crippen LogP contribution is -2.26. The Morgan fingerprint density at radius 1 is 1.38 bits per heavy atom. The predicted molar refractivity (Wildman–Crippen MR) is 109 cm³/mol. The van der Waals surface area contributed by atoms with E-state index in [1.165, 1.54) is 0 Å². The summed E-state index contributed by atoms with van der Waals surface area (Å²) in [5.74, 6) is 0. The summed E-state index contributed by atoms with van der Waals surface area (Å²) in [4.78, 5) is 11.8. The molecule has 1 aliphatic rings. The molecule has 2 heterocycles. The van der Waals surface area contributed by atoms with E-state index in [0.717, 1.165) is 41.7 Å². The molecule has 0 saturated heterocycles. The lowest BCUT2D eigenvalue weighted by Gasteiger charge is -2.19. The smallest absolute Gasteiger partial charge is 0.134 e. The summed E-state index contributed by atoms with van der Waals surface area (Å²) >= 11 is 3.36. The molecule has 1 aromatic rings. The number of hydrogen-bond acceptors (Lipinski definition) is 6. The fourth-order valence-corrected chi connectivity index (χ4v) is 2.31.